The molecule has 6 nitrogen and oxygen atoms in total. The SMILES string of the molecule is Cc1cn2cc(C3(c4ccccc4)CCN(C(=O)C4CCC(=O)N4)CC3)nc2s1. The van der Waals surface area contributed by atoms with Gasteiger partial charge in [-0.25, -0.2) is 4.98 Å². The van der Waals surface area contributed by atoms with Crippen molar-refractivity contribution in [1.29, 1.82) is 0 Å². The predicted molar refractivity (Wildman–Crippen MR) is 112 cm³/mol. The summed E-state index contributed by atoms with van der Waals surface area (Å²) in [6.07, 6.45) is 6.98. The molecule has 1 unspecified atom stereocenters. The zero-order valence-corrected chi connectivity index (χ0v) is 17.2. The molecular weight excluding hydrogens is 384 g/mol. The molecule has 0 saturated carbocycles. The Morgan fingerprint density at radius 1 is 1.21 bits per heavy atom. The van der Waals surface area contributed by atoms with Crippen LogP contribution in [0, 0.1) is 6.92 Å². The monoisotopic (exact) mass is 408 g/mol. The van der Waals surface area contributed by atoms with E-state index in [1.807, 2.05) is 11.0 Å². The number of imidazole rings is 1. The number of amides is 2. The Morgan fingerprint density at radius 2 is 1.97 bits per heavy atom. The summed E-state index contributed by atoms with van der Waals surface area (Å²) in [5, 5.41) is 2.81. The first-order chi connectivity index (χ1) is 14.0. The summed E-state index contributed by atoms with van der Waals surface area (Å²) in [5.74, 6) is 0.0336. The number of aromatic nitrogens is 2. The Balaban J connectivity index is 1.44. The smallest absolute Gasteiger partial charge is 0.245 e. The molecule has 0 aliphatic carbocycles. The Labute approximate surface area is 173 Å². The first-order valence-corrected chi connectivity index (χ1v) is 11.0. The van der Waals surface area contributed by atoms with Crippen LogP contribution in [0.5, 0.6) is 0 Å². The van der Waals surface area contributed by atoms with E-state index in [2.05, 4.69) is 53.3 Å². The van der Waals surface area contributed by atoms with Gasteiger partial charge < -0.3 is 10.2 Å². The second-order valence-electron chi connectivity index (χ2n) is 8.09. The fourth-order valence-electron chi connectivity index (χ4n) is 4.72. The largest absolute Gasteiger partial charge is 0.344 e. The minimum atomic E-state index is -0.354. The van der Waals surface area contributed by atoms with Crippen molar-refractivity contribution in [3.63, 3.8) is 0 Å². The molecule has 0 spiro atoms. The lowest BCUT2D eigenvalue weighted by Crippen LogP contribution is -2.51. The van der Waals surface area contributed by atoms with Gasteiger partial charge in [0.2, 0.25) is 11.8 Å². The molecule has 0 radical (unpaired) electrons. The number of carbonyl (C=O) groups is 2. The van der Waals surface area contributed by atoms with Gasteiger partial charge in [-0.05, 0) is 31.7 Å². The van der Waals surface area contributed by atoms with Gasteiger partial charge in [0.05, 0.1) is 5.69 Å². The van der Waals surface area contributed by atoms with E-state index >= 15 is 0 Å². The summed E-state index contributed by atoms with van der Waals surface area (Å²) in [4.78, 5) is 33.5. The fourth-order valence-corrected chi connectivity index (χ4v) is 5.53. The highest BCUT2D eigenvalue weighted by Gasteiger charge is 2.42. The van der Waals surface area contributed by atoms with E-state index in [0.717, 1.165) is 23.5 Å². The second-order valence-corrected chi connectivity index (χ2v) is 9.30. The highest BCUT2D eigenvalue weighted by atomic mass is 32.1. The molecule has 2 aliphatic rings. The molecule has 7 heteroatoms. The van der Waals surface area contributed by atoms with Gasteiger partial charge in [0.25, 0.3) is 0 Å². The van der Waals surface area contributed by atoms with Crippen LogP contribution in [0.1, 0.15) is 41.8 Å². The Kier molecular flexibility index (Phi) is 4.42. The van der Waals surface area contributed by atoms with Crippen molar-refractivity contribution in [2.75, 3.05) is 13.1 Å². The molecular formula is C22H24N4O2S. The molecule has 5 rings (SSSR count). The molecule has 29 heavy (non-hydrogen) atoms. The lowest BCUT2D eigenvalue weighted by molar-refractivity contribution is -0.135. The van der Waals surface area contributed by atoms with Crippen LogP contribution < -0.4 is 5.32 Å². The van der Waals surface area contributed by atoms with Gasteiger partial charge in [-0.1, -0.05) is 30.3 Å². The Morgan fingerprint density at radius 3 is 2.62 bits per heavy atom. The van der Waals surface area contributed by atoms with Crippen LogP contribution in [0.3, 0.4) is 0 Å². The number of fused-ring (bicyclic) bond motifs is 1. The number of benzene rings is 1. The van der Waals surface area contributed by atoms with Crippen LogP contribution >= 0.6 is 11.3 Å². The number of piperidine rings is 1. The maximum Gasteiger partial charge on any atom is 0.245 e. The van der Waals surface area contributed by atoms with Crippen molar-refractivity contribution < 1.29 is 9.59 Å². The highest BCUT2D eigenvalue weighted by molar-refractivity contribution is 7.16. The van der Waals surface area contributed by atoms with Crippen molar-refractivity contribution in [3.8, 4) is 0 Å². The quantitative estimate of drug-likeness (QED) is 0.725. The summed E-state index contributed by atoms with van der Waals surface area (Å²) in [6, 6.07) is 10.2. The second kappa shape index (κ2) is 6.99. The van der Waals surface area contributed by atoms with E-state index in [4.69, 9.17) is 4.98 Å². The van der Waals surface area contributed by atoms with Crippen LogP contribution in [-0.2, 0) is 15.0 Å². The molecule has 3 aromatic rings. The number of thiazole rings is 1. The molecule has 4 heterocycles. The van der Waals surface area contributed by atoms with Crippen molar-refractivity contribution in [2.45, 2.75) is 44.1 Å². The third-order valence-corrected chi connectivity index (χ3v) is 7.22. The first-order valence-electron chi connectivity index (χ1n) is 10.1. The third kappa shape index (κ3) is 3.13. The minimum Gasteiger partial charge on any atom is -0.344 e. The number of nitrogens with one attached hydrogen (secondary N) is 1. The summed E-state index contributed by atoms with van der Waals surface area (Å²) in [7, 11) is 0. The molecule has 1 N–H and O–H groups in total. The molecule has 1 atom stereocenters. The standard InChI is InChI=1S/C22H24N4O2S/c1-15-13-26-14-18(24-21(26)29-15)22(16-5-3-2-4-6-16)9-11-25(12-10-22)20(28)17-7-8-19(27)23-17/h2-6,13-14,17H,7-12H2,1H3,(H,23,27). The lowest BCUT2D eigenvalue weighted by atomic mass is 9.70. The maximum absolute atomic E-state index is 12.9. The number of likely N-dealkylation sites (tertiary alicyclic amines) is 1. The van der Waals surface area contributed by atoms with Crippen LogP contribution in [-0.4, -0.2) is 45.2 Å². The minimum absolute atomic E-state index is 0.0210. The number of aryl methyl sites for hydroxylation is 1. The topological polar surface area (TPSA) is 66.7 Å². The zero-order chi connectivity index (χ0) is 20.0. The van der Waals surface area contributed by atoms with Gasteiger partial charge in [-0.2, -0.15) is 0 Å². The van der Waals surface area contributed by atoms with Gasteiger partial charge in [0, 0.05) is 42.2 Å². The molecule has 150 valence electrons. The molecule has 2 aliphatic heterocycles. The van der Waals surface area contributed by atoms with Gasteiger partial charge in [-0.3, -0.25) is 14.0 Å². The van der Waals surface area contributed by atoms with Crippen molar-refractivity contribution >= 4 is 28.1 Å². The number of nitrogens with zero attached hydrogens (tertiary/aromatic N) is 3. The number of hydrogen-bond donors (Lipinski definition) is 1. The number of rotatable bonds is 3. The van der Waals surface area contributed by atoms with Crippen LogP contribution in [0.4, 0.5) is 0 Å². The van der Waals surface area contributed by atoms with Gasteiger partial charge in [0.1, 0.15) is 6.04 Å². The van der Waals surface area contributed by atoms with Crippen molar-refractivity contribution in [1.82, 2.24) is 19.6 Å². The molecule has 2 fully saturated rings. The first kappa shape index (κ1) is 18.4. The zero-order valence-electron chi connectivity index (χ0n) is 16.4. The molecule has 2 saturated heterocycles. The Bertz CT molecular complexity index is 1030. The van der Waals surface area contributed by atoms with Gasteiger partial charge in [0.15, 0.2) is 4.96 Å². The van der Waals surface area contributed by atoms with Crippen molar-refractivity contribution in [2.24, 2.45) is 0 Å². The van der Waals surface area contributed by atoms with Crippen LogP contribution in [0.15, 0.2) is 42.7 Å². The third-order valence-electron chi connectivity index (χ3n) is 6.31. The van der Waals surface area contributed by atoms with E-state index in [0.29, 0.717) is 25.9 Å². The maximum atomic E-state index is 12.9. The van der Waals surface area contributed by atoms with E-state index in [-0.39, 0.29) is 23.3 Å². The molecule has 0 bridgehead atoms. The Hall–Kier alpha value is -2.67. The van der Waals surface area contributed by atoms with Crippen LogP contribution in [0.2, 0.25) is 0 Å². The molecule has 1 aromatic carbocycles. The average Bonchev–Trinajstić information content (AvgIpc) is 3.43. The van der Waals surface area contributed by atoms with E-state index in [9.17, 15) is 9.59 Å². The van der Waals surface area contributed by atoms with Gasteiger partial charge in [-0.15, -0.1) is 11.3 Å². The molecule has 2 aromatic heterocycles. The fraction of sp³-hybridized carbons (Fsp3) is 0.409. The normalized spacial score (nSPS) is 21.5. The summed E-state index contributed by atoms with van der Waals surface area (Å²) in [6.45, 7) is 3.44. The predicted octanol–water partition coefficient (Wildman–Crippen LogP) is 2.89. The van der Waals surface area contributed by atoms with E-state index < -0.39 is 0 Å². The highest BCUT2D eigenvalue weighted by Crippen LogP contribution is 2.42. The van der Waals surface area contributed by atoms with E-state index in [1.54, 1.807) is 11.3 Å². The summed E-state index contributed by atoms with van der Waals surface area (Å²) < 4.78 is 2.12. The lowest BCUT2D eigenvalue weighted by Gasteiger charge is -2.42. The summed E-state index contributed by atoms with van der Waals surface area (Å²) >= 11 is 1.70. The average molecular weight is 409 g/mol. The van der Waals surface area contributed by atoms with Crippen LogP contribution in [0.25, 0.3) is 4.96 Å². The number of hydrogen-bond acceptors (Lipinski definition) is 4. The van der Waals surface area contributed by atoms with E-state index in [1.165, 1.54) is 10.4 Å². The molecule has 2 amide bonds. The van der Waals surface area contributed by atoms with Crippen molar-refractivity contribution in [3.05, 3.63) is 58.9 Å². The number of carbonyl (C=O) groups excluding carboxylic acids is 2. The van der Waals surface area contributed by atoms with Gasteiger partial charge >= 0.3 is 0 Å². The summed E-state index contributed by atoms with van der Waals surface area (Å²) in [5.41, 5.74) is 2.14.